The van der Waals surface area contributed by atoms with Crippen molar-refractivity contribution >= 4 is 27.0 Å². The molecule has 1 saturated heterocycles. The summed E-state index contributed by atoms with van der Waals surface area (Å²) in [5, 5.41) is 1.05. The van der Waals surface area contributed by atoms with Gasteiger partial charge in [0.15, 0.2) is 0 Å². The lowest BCUT2D eigenvalue weighted by Crippen LogP contribution is -2.39. The molecule has 1 aliphatic heterocycles. The van der Waals surface area contributed by atoms with E-state index in [1.807, 2.05) is 6.20 Å². The van der Waals surface area contributed by atoms with Gasteiger partial charge in [-0.2, -0.15) is 0 Å². The molecule has 1 fully saturated rings. The van der Waals surface area contributed by atoms with Crippen molar-refractivity contribution in [3.05, 3.63) is 46.0 Å². The molecule has 0 radical (unpaired) electrons. The van der Waals surface area contributed by atoms with E-state index >= 15 is 0 Å². The number of piperidine rings is 1. The molecule has 1 atom stereocenters. The molecule has 0 saturated carbocycles. The van der Waals surface area contributed by atoms with Gasteiger partial charge in [-0.3, -0.25) is 4.90 Å². The van der Waals surface area contributed by atoms with E-state index in [1.54, 1.807) is 6.33 Å². The highest BCUT2D eigenvalue weighted by Crippen LogP contribution is 2.38. The zero-order valence-electron chi connectivity index (χ0n) is 15.0. The average molecular weight is 417 g/mol. The number of allylic oxidation sites excluding steroid dienone is 2. The van der Waals surface area contributed by atoms with Gasteiger partial charge in [-0.25, -0.2) is 9.97 Å². The summed E-state index contributed by atoms with van der Waals surface area (Å²) in [6, 6.07) is 0.333. The van der Waals surface area contributed by atoms with Gasteiger partial charge in [-0.1, -0.05) is 28.1 Å². The van der Waals surface area contributed by atoms with Gasteiger partial charge in [0.05, 0.1) is 11.2 Å². The minimum Gasteiger partial charge on any atom is -0.346 e. The zero-order chi connectivity index (χ0) is 18.3. The standard InChI is InChI=1S/C19H25BrN6/c1-12-2-5-19(22,8-15(12)20)17-16-13(9-23-18(16)25-11-24-17)10-26-6-3-14(21)4-7-26/h2,5,9,11,14H,3-4,6-8,10,21-22H2,1H3,(H,23,24,25). The van der Waals surface area contributed by atoms with E-state index < -0.39 is 5.54 Å². The minimum absolute atomic E-state index is 0.333. The summed E-state index contributed by atoms with van der Waals surface area (Å²) in [7, 11) is 0. The molecule has 2 aliphatic rings. The van der Waals surface area contributed by atoms with Crippen LogP contribution in [0.25, 0.3) is 11.0 Å². The van der Waals surface area contributed by atoms with E-state index in [4.69, 9.17) is 11.5 Å². The molecule has 1 unspecified atom stereocenters. The van der Waals surface area contributed by atoms with Crippen LogP contribution in [0.3, 0.4) is 0 Å². The van der Waals surface area contributed by atoms with Crippen molar-refractivity contribution in [1.29, 1.82) is 0 Å². The average Bonchev–Trinajstić information content (AvgIpc) is 3.03. The number of halogens is 1. The van der Waals surface area contributed by atoms with E-state index in [2.05, 4.69) is 54.9 Å². The second-order valence-corrected chi connectivity index (χ2v) is 8.47. The second kappa shape index (κ2) is 6.88. The summed E-state index contributed by atoms with van der Waals surface area (Å²) >= 11 is 3.66. The molecule has 2 aromatic heterocycles. The first-order valence-corrected chi connectivity index (χ1v) is 9.88. The molecule has 3 heterocycles. The van der Waals surface area contributed by atoms with Gasteiger partial charge in [-0.15, -0.1) is 0 Å². The van der Waals surface area contributed by atoms with Crippen molar-refractivity contribution in [2.24, 2.45) is 11.5 Å². The fraction of sp³-hybridized carbons (Fsp3) is 0.474. The Morgan fingerprint density at radius 1 is 1.35 bits per heavy atom. The van der Waals surface area contributed by atoms with Crippen LogP contribution in [0.2, 0.25) is 0 Å². The first kappa shape index (κ1) is 17.9. The Morgan fingerprint density at radius 2 is 2.12 bits per heavy atom. The third-order valence-electron chi connectivity index (χ3n) is 5.52. The molecule has 0 spiro atoms. The van der Waals surface area contributed by atoms with Gasteiger partial charge in [-0.05, 0) is 44.0 Å². The van der Waals surface area contributed by atoms with Crippen LogP contribution >= 0.6 is 15.9 Å². The Bertz CT molecular complexity index is 877. The predicted octanol–water partition coefficient (Wildman–Crippen LogP) is 2.66. The molecule has 26 heavy (non-hydrogen) atoms. The summed E-state index contributed by atoms with van der Waals surface area (Å²) < 4.78 is 1.12. The summed E-state index contributed by atoms with van der Waals surface area (Å²) in [4.78, 5) is 14.8. The summed E-state index contributed by atoms with van der Waals surface area (Å²) in [6.07, 6.45) is 10.6. The monoisotopic (exact) mass is 416 g/mol. The quantitative estimate of drug-likeness (QED) is 0.714. The number of likely N-dealkylation sites (tertiary alicyclic amines) is 1. The second-order valence-electron chi connectivity index (χ2n) is 7.51. The van der Waals surface area contributed by atoms with Crippen LogP contribution in [0.15, 0.2) is 34.7 Å². The van der Waals surface area contributed by atoms with E-state index in [9.17, 15) is 0 Å². The summed E-state index contributed by atoms with van der Waals surface area (Å²) in [5.74, 6) is 0. The fourth-order valence-corrected chi connectivity index (χ4v) is 4.43. The Kier molecular flexibility index (Phi) is 4.73. The fourth-order valence-electron chi connectivity index (χ4n) is 3.84. The van der Waals surface area contributed by atoms with Gasteiger partial charge >= 0.3 is 0 Å². The van der Waals surface area contributed by atoms with Crippen molar-refractivity contribution in [1.82, 2.24) is 19.9 Å². The maximum atomic E-state index is 6.79. The van der Waals surface area contributed by atoms with Crippen LogP contribution in [0, 0.1) is 0 Å². The van der Waals surface area contributed by atoms with Crippen molar-refractivity contribution in [2.75, 3.05) is 13.1 Å². The van der Waals surface area contributed by atoms with Gasteiger partial charge in [0.25, 0.3) is 0 Å². The molecule has 2 aromatic rings. The molecule has 1 aliphatic carbocycles. The highest BCUT2D eigenvalue weighted by atomic mass is 79.9. The molecule has 0 amide bonds. The van der Waals surface area contributed by atoms with Crippen LogP contribution in [-0.2, 0) is 12.1 Å². The van der Waals surface area contributed by atoms with Gasteiger partial charge in [0.1, 0.15) is 12.0 Å². The molecule has 0 aromatic carbocycles. The van der Waals surface area contributed by atoms with E-state index in [0.29, 0.717) is 12.5 Å². The highest BCUT2D eigenvalue weighted by Gasteiger charge is 2.33. The van der Waals surface area contributed by atoms with E-state index in [-0.39, 0.29) is 0 Å². The maximum absolute atomic E-state index is 6.79. The zero-order valence-corrected chi connectivity index (χ0v) is 16.6. The van der Waals surface area contributed by atoms with Crippen LogP contribution in [-0.4, -0.2) is 39.0 Å². The van der Waals surface area contributed by atoms with E-state index in [0.717, 1.165) is 53.7 Å². The number of fused-ring (bicyclic) bond motifs is 1. The Hall–Kier alpha value is -1.54. The number of rotatable bonds is 3. The Labute approximate surface area is 161 Å². The summed E-state index contributed by atoms with van der Waals surface area (Å²) in [6.45, 7) is 5.00. The highest BCUT2D eigenvalue weighted by molar-refractivity contribution is 9.11. The van der Waals surface area contributed by atoms with Crippen LogP contribution in [0.5, 0.6) is 0 Å². The number of hydrogen-bond donors (Lipinski definition) is 3. The summed E-state index contributed by atoms with van der Waals surface area (Å²) in [5.41, 5.74) is 16.3. The molecule has 5 N–H and O–H groups in total. The van der Waals surface area contributed by atoms with Crippen LogP contribution < -0.4 is 11.5 Å². The number of H-pyrrole nitrogens is 1. The van der Waals surface area contributed by atoms with Crippen molar-refractivity contribution in [2.45, 2.75) is 44.3 Å². The predicted molar refractivity (Wildman–Crippen MR) is 108 cm³/mol. The molecule has 6 nitrogen and oxygen atoms in total. The topological polar surface area (TPSA) is 96.8 Å². The third-order valence-corrected chi connectivity index (χ3v) is 6.43. The van der Waals surface area contributed by atoms with Crippen molar-refractivity contribution in [3.63, 3.8) is 0 Å². The van der Waals surface area contributed by atoms with Crippen LogP contribution in [0.4, 0.5) is 0 Å². The van der Waals surface area contributed by atoms with Gasteiger partial charge in [0, 0.05) is 35.1 Å². The van der Waals surface area contributed by atoms with Gasteiger partial charge < -0.3 is 16.5 Å². The lowest BCUT2D eigenvalue weighted by Gasteiger charge is -2.31. The number of hydrogen-bond acceptors (Lipinski definition) is 5. The van der Waals surface area contributed by atoms with Crippen molar-refractivity contribution < 1.29 is 0 Å². The molecular weight excluding hydrogens is 392 g/mol. The minimum atomic E-state index is -0.638. The first-order valence-electron chi connectivity index (χ1n) is 9.09. The number of nitrogens with two attached hydrogens (primary N) is 2. The van der Waals surface area contributed by atoms with E-state index in [1.165, 1.54) is 11.1 Å². The number of nitrogens with one attached hydrogen (secondary N) is 1. The smallest absolute Gasteiger partial charge is 0.141 e. The molecule has 7 heteroatoms. The van der Waals surface area contributed by atoms with Crippen molar-refractivity contribution in [3.8, 4) is 0 Å². The first-order chi connectivity index (χ1) is 12.5. The molecule has 138 valence electrons. The number of nitrogens with zero attached hydrogens (tertiary/aromatic N) is 3. The number of aromatic nitrogens is 3. The lowest BCUT2D eigenvalue weighted by molar-refractivity contribution is 0.206. The Balaban J connectivity index is 1.70. The lowest BCUT2D eigenvalue weighted by atomic mass is 9.85. The molecule has 0 bridgehead atoms. The molecular formula is C19H25BrN6. The number of aromatic amines is 1. The Morgan fingerprint density at radius 3 is 2.85 bits per heavy atom. The third kappa shape index (κ3) is 3.24. The van der Waals surface area contributed by atoms with Crippen LogP contribution in [0.1, 0.15) is 37.4 Å². The van der Waals surface area contributed by atoms with Gasteiger partial charge in [0.2, 0.25) is 0 Å². The largest absolute Gasteiger partial charge is 0.346 e. The normalized spacial score (nSPS) is 25.4. The maximum Gasteiger partial charge on any atom is 0.141 e. The SMILES string of the molecule is CC1=C(Br)CC(N)(c2ncnc3[nH]cc(CN4CCC(N)CC4)c23)C=C1. The molecule has 4 rings (SSSR count).